The van der Waals surface area contributed by atoms with Crippen LogP contribution in [0.25, 0.3) is 0 Å². The molecule has 0 fully saturated rings. The number of amides is 1. The van der Waals surface area contributed by atoms with Gasteiger partial charge in [-0.1, -0.05) is 0 Å². The molecular formula is C9H10N2O2S. The summed E-state index contributed by atoms with van der Waals surface area (Å²) in [5, 5.41) is 3.22. The maximum atomic E-state index is 11.7. The van der Waals surface area contributed by atoms with Crippen LogP contribution in [0.1, 0.15) is 12.0 Å². The number of pyridine rings is 1. The van der Waals surface area contributed by atoms with E-state index >= 15 is 0 Å². The van der Waals surface area contributed by atoms with E-state index in [-0.39, 0.29) is 5.91 Å². The zero-order valence-corrected chi connectivity index (χ0v) is 8.56. The summed E-state index contributed by atoms with van der Waals surface area (Å²) in [6.07, 6.45) is 1.91. The molecule has 0 aliphatic carbocycles. The Morgan fingerprint density at radius 1 is 1.57 bits per heavy atom. The SMILES string of the molecule is Cc1ccnc2c1NC(=O)CCS2=O. The minimum atomic E-state index is -1.16. The molecular weight excluding hydrogens is 200 g/mol. The largest absolute Gasteiger partial charge is 0.323 e. The molecule has 1 aliphatic rings. The summed E-state index contributed by atoms with van der Waals surface area (Å²) in [6, 6.07) is 1.79. The van der Waals surface area contributed by atoms with Crippen LogP contribution in [-0.2, 0) is 15.6 Å². The third kappa shape index (κ3) is 1.55. The highest BCUT2D eigenvalue weighted by atomic mass is 32.2. The average molecular weight is 210 g/mol. The molecule has 1 amide bonds. The van der Waals surface area contributed by atoms with Crippen LogP contribution < -0.4 is 5.32 Å². The van der Waals surface area contributed by atoms with E-state index in [2.05, 4.69) is 10.3 Å². The second kappa shape index (κ2) is 3.49. The molecule has 0 spiro atoms. The Balaban J connectivity index is 2.57. The lowest BCUT2D eigenvalue weighted by Gasteiger charge is -2.07. The van der Waals surface area contributed by atoms with Crippen molar-refractivity contribution in [1.82, 2.24) is 4.98 Å². The second-order valence-electron chi connectivity index (χ2n) is 3.16. The Bertz CT molecular complexity index is 417. The zero-order valence-electron chi connectivity index (χ0n) is 7.74. The molecule has 5 heteroatoms. The Morgan fingerprint density at radius 2 is 2.36 bits per heavy atom. The fourth-order valence-electron chi connectivity index (χ4n) is 1.34. The minimum absolute atomic E-state index is 0.0896. The molecule has 1 atom stereocenters. The van der Waals surface area contributed by atoms with Gasteiger partial charge in [-0.15, -0.1) is 0 Å². The summed E-state index contributed by atoms with van der Waals surface area (Å²) >= 11 is 0. The maximum Gasteiger partial charge on any atom is 0.225 e. The van der Waals surface area contributed by atoms with E-state index in [1.165, 1.54) is 0 Å². The van der Waals surface area contributed by atoms with E-state index in [0.717, 1.165) is 5.56 Å². The maximum absolute atomic E-state index is 11.7. The molecule has 1 aromatic heterocycles. The summed E-state index contributed by atoms with van der Waals surface area (Å²) in [5.41, 5.74) is 1.52. The first-order valence-corrected chi connectivity index (χ1v) is 5.64. The van der Waals surface area contributed by atoms with Gasteiger partial charge in [-0.3, -0.25) is 9.00 Å². The number of fused-ring (bicyclic) bond motifs is 1. The van der Waals surface area contributed by atoms with E-state index in [1.807, 2.05) is 6.92 Å². The van der Waals surface area contributed by atoms with Crippen LogP contribution in [0.15, 0.2) is 17.3 Å². The fourth-order valence-corrected chi connectivity index (χ4v) is 2.52. The summed E-state index contributed by atoms with van der Waals surface area (Å²) in [4.78, 5) is 15.3. The molecule has 0 saturated heterocycles. The van der Waals surface area contributed by atoms with Gasteiger partial charge in [0.2, 0.25) is 5.91 Å². The third-order valence-corrected chi connectivity index (χ3v) is 3.43. The predicted octanol–water partition coefficient (Wildman–Crippen LogP) is 0.840. The molecule has 1 aromatic rings. The zero-order chi connectivity index (χ0) is 10.1. The molecule has 0 aromatic carbocycles. The average Bonchev–Trinajstić information content (AvgIpc) is 2.30. The second-order valence-corrected chi connectivity index (χ2v) is 4.64. The van der Waals surface area contributed by atoms with Crippen molar-refractivity contribution >= 4 is 22.4 Å². The Kier molecular flexibility index (Phi) is 2.33. The quantitative estimate of drug-likeness (QED) is 0.690. The number of hydrogen-bond donors (Lipinski definition) is 1. The number of nitrogens with zero attached hydrogens (tertiary/aromatic N) is 1. The number of aromatic nitrogens is 1. The number of aryl methyl sites for hydroxylation is 1. The first kappa shape index (κ1) is 9.33. The van der Waals surface area contributed by atoms with Gasteiger partial charge in [0.05, 0.1) is 16.5 Å². The molecule has 0 bridgehead atoms. The Morgan fingerprint density at radius 3 is 3.14 bits per heavy atom. The molecule has 2 rings (SSSR count). The smallest absolute Gasteiger partial charge is 0.225 e. The molecule has 0 radical (unpaired) electrons. The summed E-state index contributed by atoms with van der Waals surface area (Å²) in [7, 11) is -1.16. The molecule has 1 aliphatic heterocycles. The van der Waals surface area contributed by atoms with Gasteiger partial charge in [-0.05, 0) is 18.6 Å². The summed E-state index contributed by atoms with van der Waals surface area (Å²) in [6.45, 7) is 1.86. The molecule has 1 N–H and O–H groups in total. The topological polar surface area (TPSA) is 59.1 Å². The number of nitrogens with one attached hydrogen (secondary N) is 1. The molecule has 14 heavy (non-hydrogen) atoms. The molecule has 0 saturated carbocycles. The van der Waals surface area contributed by atoms with Crippen LogP contribution in [0.5, 0.6) is 0 Å². The number of rotatable bonds is 0. The van der Waals surface area contributed by atoms with Crippen LogP contribution in [0.3, 0.4) is 0 Å². The minimum Gasteiger partial charge on any atom is -0.323 e. The van der Waals surface area contributed by atoms with Crippen LogP contribution in [-0.4, -0.2) is 20.9 Å². The van der Waals surface area contributed by atoms with E-state index < -0.39 is 10.8 Å². The normalized spacial score (nSPS) is 20.9. The summed E-state index contributed by atoms with van der Waals surface area (Å²) < 4.78 is 11.7. The number of carbonyl (C=O) groups excluding carboxylic acids is 1. The van der Waals surface area contributed by atoms with Gasteiger partial charge in [0.25, 0.3) is 0 Å². The fraction of sp³-hybridized carbons (Fsp3) is 0.333. The molecule has 74 valence electrons. The third-order valence-electron chi connectivity index (χ3n) is 2.12. The van der Waals surface area contributed by atoms with Crippen molar-refractivity contribution in [2.45, 2.75) is 18.4 Å². The molecule has 4 nitrogen and oxygen atoms in total. The standard InChI is InChI=1S/C9H10N2O2S/c1-6-2-4-10-9-8(6)11-7(12)3-5-14(9)13/h2,4H,3,5H2,1H3,(H,11,12). The summed E-state index contributed by atoms with van der Waals surface area (Å²) in [5.74, 6) is 0.267. The lowest BCUT2D eigenvalue weighted by molar-refractivity contribution is -0.115. The highest BCUT2D eigenvalue weighted by Gasteiger charge is 2.20. The number of carbonyl (C=O) groups is 1. The van der Waals surface area contributed by atoms with Crippen molar-refractivity contribution in [2.75, 3.05) is 11.1 Å². The van der Waals surface area contributed by atoms with Gasteiger partial charge in [-0.25, -0.2) is 4.98 Å². The first-order valence-electron chi connectivity index (χ1n) is 4.32. The van der Waals surface area contributed by atoms with Gasteiger partial charge in [0.1, 0.15) is 0 Å². The lowest BCUT2D eigenvalue weighted by atomic mass is 10.2. The first-order chi connectivity index (χ1) is 6.68. The van der Waals surface area contributed by atoms with Crippen LogP contribution >= 0.6 is 0 Å². The van der Waals surface area contributed by atoms with Gasteiger partial charge >= 0.3 is 0 Å². The van der Waals surface area contributed by atoms with Crippen molar-refractivity contribution in [3.8, 4) is 0 Å². The molecule has 2 heterocycles. The van der Waals surface area contributed by atoms with Gasteiger partial charge in [-0.2, -0.15) is 0 Å². The van der Waals surface area contributed by atoms with E-state index in [1.54, 1.807) is 12.3 Å². The van der Waals surface area contributed by atoms with E-state index in [9.17, 15) is 9.00 Å². The molecule has 1 unspecified atom stereocenters. The van der Waals surface area contributed by atoms with E-state index in [0.29, 0.717) is 22.9 Å². The van der Waals surface area contributed by atoms with E-state index in [4.69, 9.17) is 0 Å². The van der Waals surface area contributed by atoms with Crippen LogP contribution in [0, 0.1) is 6.92 Å². The van der Waals surface area contributed by atoms with Gasteiger partial charge in [0.15, 0.2) is 5.03 Å². The van der Waals surface area contributed by atoms with Crippen molar-refractivity contribution < 1.29 is 9.00 Å². The highest BCUT2D eigenvalue weighted by Crippen LogP contribution is 2.24. The number of anilines is 1. The predicted molar refractivity (Wildman–Crippen MR) is 53.5 cm³/mol. The van der Waals surface area contributed by atoms with Crippen molar-refractivity contribution in [3.05, 3.63) is 17.8 Å². The Labute approximate surface area is 84.2 Å². The van der Waals surface area contributed by atoms with Crippen molar-refractivity contribution in [3.63, 3.8) is 0 Å². The lowest BCUT2D eigenvalue weighted by Crippen LogP contribution is -2.11. The highest BCUT2D eigenvalue weighted by molar-refractivity contribution is 7.85. The Hall–Kier alpha value is -1.23. The van der Waals surface area contributed by atoms with Crippen LogP contribution in [0.4, 0.5) is 5.69 Å². The number of hydrogen-bond acceptors (Lipinski definition) is 3. The monoisotopic (exact) mass is 210 g/mol. The van der Waals surface area contributed by atoms with Crippen molar-refractivity contribution in [2.24, 2.45) is 0 Å². The van der Waals surface area contributed by atoms with Gasteiger partial charge < -0.3 is 5.32 Å². The van der Waals surface area contributed by atoms with Crippen molar-refractivity contribution in [1.29, 1.82) is 0 Å². The van der Waals surface area contributed by atoms with Crippen LogP contribution in [0.2, 0.25) is 0 Å². The van der Waals surface area contributed by atoms with Gasteiger partial charge in [0, 0.05) is 18.4 Å².